The molecule has 0 saturated heterocycles. The highest BCUT2D eigenvalue weighted by Crippen LogP contribution is 2.42. The highest BCUT2D eigenvalue weighted by molar-refractivity contribution is 7.13. The number of ether oxygens (including phenoxy) is 1. The Kier molecular flexibility index (Phi) is 5.53. The van der Waals surface area contributed by atoms with E-state index in [1.165, 1.54) is 24.3 Å². The number of nitrogens with zero attached hydrogens (tertiary/aromatic N) is 1. The van der Waals surface area contributed by atoms with E-state index >= 15 is 0 Å². The zero-order valence-electron chi connectivity index (χ0n) is 14.5. The van der Waals surface area contributed by atoms with E-state index in [-0.39, 0.29) is 16.6 Å². The predicted molar refractivity (Wildman–Crippen MR) is 97.4 cm³/mol. The number of thiazole rings is 1. The molecule has 0 radical (unpaired) electrons. The van der Waals surface area contributed by atoms with Gasteiger partial charge in [-0.1, -0.05) is 11.6 Å². The highest BCUT2D eigenvalue weighted by Gasteiger charge is 2.64. The normalized spacial score (nSPS) is 16.2. The number of hydrogen-bond donors (Lipinski definition) is 2. The molecule has 6 nitrogen and oxygen atoms in total. The summed E-state index contributed by atoms with van der Waals surface area (Å²) in [4.78, 5) is 28.7. The Hall–Kier alpha value is -2.33. The molecule has 11 heteroatoms. The van der Waals surface area contributed by atoms with Crippen molar-refractivity contribution in [2.45, 2.75) is 30.6 Å². The van der Waals surface area contributed by atoms with Gasteiger partial charge in [-0.05, 0) is 37.1 Å². The van der Waals surface area contributed by atoms with Gasteiger partial charge in [-0.25, -0.2) is 9.78 Å². The van der Waals surface area contributed by atoms with Crippen molar-refractivity contribution < 1.29 is 27.5 Å². The van der Waals surface area contributed by atoms with Crippen molar-refractivity contribution in [1.29, 1.82) is 0 Å². The number of amides is 1. The third-order valence-electron chi connectivity index (χ3n) is 4.14. The molecule has 1 amide bonds. The van der Waals surface area contributed by atoms with E-state index in [0.29, 0.717) is 10.7 Å². The molecule has 1 unspecified atom stereocenters. The van der Waals surface area contributed by atoms with E-state index in [1.54, 1.807) is 10.7 Å². The average molecular weight is 434 g/mol. The van der Waals surface area contributed by atoms with Crippen molar-refractivity contribution in [3.05, 3.63) is 45.9 Å². The molecule has 1 aliphatic rings. The number of carbonyl (C=O) groups excluding carboxylic acids is 2. The summed E-state index contributed by atoms with van der Waals surface area (Å²) in [5.74, 6) is -2.63. The molecule has 1 saturated carbocycles. The molecule has 1 aliphatic carbocycles. The summed E-state index contributed by atoms with van der Waals surface area (Å²) in [6, 6.07) is 5.18. The standard InChI is InChI=1S/C17H15ClF3N3O3S/c1-27-14(26)16(17(19,20)21,23-13(25)10-4-6-11(18)7-5-10)24-15-22-12(8-28-15)9-2-3-9/h4-9H,2-3H2,1H3,(H,22,24)(H,23,25). The fourth-order valence-electron chi connectivity index (χ4n) is 2.46. The average Bonchev–Trinajstić information content (AvgIpc) is 3.39. The summed E-state index contributed by atoms with van der Waals surface area (Å²) in [7, 11) is 0.802. The maximum absolute atomic E-state index is 14.0. The van der Waals surface area contributed by atoms with Crippen LogP contribution in [0, 0.1) is 0 Å². The maximum atomic E-state index is 14.0. The first-order valence-electron chi connectivity index (χ1n) is 8.13. The molecule has 0 bridgehead atoms. The van der Waals surface area contributed by atoms with Gasteiger partial charge in [0.1, 0.15) is 0 Å². The van der Waals surface area contributed by atoms with Gasteiger partial charge in [0.2, 0.25) is 0 Å². The first-order valence-corrected chi connectivity index (χ1v) is 9.39. The van der Waals surface area contributed by atoms with Crippen LogP contribution in [0.2, 0.25) is 5.02 Å². The van der Waals surface area contributed by atoms with Crippen molar-refractivity contribution in [3.8, 4) is 0 Å². The van der Waals surface area contributed by atoms with Crippen LogP contribution in [0.1, 0.15) is 34.8 Å². The lowest BCUT2D eigenvalue weighted by atomic mass is 10.1. The predicted octanol–water partition coefficient (Wildman–Crippen LogP) is 3.95. The Morgan fingerprint density at radius 2 is 1.89 bits per heavy atom. The molecule has 0 spiro atoms. The number of alkyl halides is 3. The second kappa shape index (κ2) is 7.59. The van der Waals surface area contributed by atoms with Crippen molar-refractivity contribution in [1.82, 2.24) is 10.3 Å². The van der Waals surface area contributed by atoms with E-state index in [0.717, 1.165) is 31.3 Å². The first kappa shape index (κ1) is 20.4. The summed E-state index contributed by atoms with van der Waals surface area (Å²) < 4.78 is 46.3. The molecule has 1 fully saturated rings. The van der Waals surface area contributed by atoms with Crippen LogP contribution in [0.4, 0.5) is 18.3 Å². The Labute approximate surface area is 167 Å². The molecule has 28 heavy (non-hydrogen) atoms. The number of nitrogens with one attached hydrogen (secondary N) is 2. The molecule has 1 heterocycles. The molecule has 2 aromatic rings. The monoisotopic (exact) mass is 433 g/mol. The highest BCUT2D eigenvalue weighted by atomic mass is 35.5. The van der Waals surface area contributed by atoms with Gasteiger partial charge in [0.25, 0.3) is 5.91 Å². The number of esters is 1. The van der Waals surface area contributed by atoms with E-state index < -0.39 is 23.7 Å². The maximum Gasteiger partial charge on any atom is 0.442 e. The quantitative estimate of drug-likeness (QED) is 0.532. The Morgan fingerprint density at radius 3 is 2.43 bits per heavy atom. The van der Waals surface area contributed by atoms with E-state index in [9.17, 15) is 22.8 Å². The summed E-state index contributed by atoms with van der Waals surface area (Å²) in [6.07, 6.45) is -3.39. The zero-order valence-corrected chi connectivity index (χ0v) is 16.0. The Balaban J connectivity index is 1.95. The van der Waals surface area contributed by atoms with E-state index in [1.807, 2.05) is 5.32 Å². The molecule has 150 valence electrons. The van der Waals surface area contributed by atoms with Crippen molar-refractivity contribution in [2.24, 2.45) is 0 Å². The topological polar surface area (TPSA) is 80.3 Å². The van der Waals surface area contributed by atoms with E-state index in [4.69, 9.17) is 11.6 Å². The summed E-state index contributed by atoms with van der Waals surface area (Å²) in [5.41, 5.74) is -2.96. The fourth-order valence-corrected chi connectivity index (χ4v) is 3.43. The van der Waals surface area contributed by atoms with Crippen LogP contribution in [0.15, 0.2) is 29.6 Å². The number of benzene rings is 1. The minimum atomic E-state index is -5.21. The smallest absolute Gasteiger partial charge is 0.442 e. The van der Waals surface area contributed by atoms with Gasteiger partial charge in [-0.15, -0.1) is 11.3 Å². The molecule has 2 N–H and O–H groups in total. The number of aromatic nitrogens is 1. The molecule has 3 rings (SSSR count). The lowest BCUT2D eigenvalue weighted by molar-refractivity contribution is -0.203. The lowest BCUT2D eigenvalue weighted by Crippen LogP contribution is -2.69. The van der Waals surface area contributed by atoms with Crippen molar-refractivity contribution >= 4 is 39.9 Å². The van der Waals surface area contributed by atoms with Gasteiger partial charge in [-0.2, -0.15) is 13.2 Å². The van der Waals surface area contributed by atoms with Crippen LogP contribution in [-0.2, 0) is 9.53 Å². The summed E-state index contributed by atoms with van der Waals surface area (Å²) in [6.45, 7) is 0. The second-order valence-electron chi connectivity index (χ2n) is 6.18. The number of methoxy groups -OCH3 is 1. The minimum absolute atomic E-state index is 0.110. The van der Waals surface area contributed by atoms with Crippen LogP contribution in [-0.4, -0.2) is 35.8 Å². The van der Waals surface area contributed by atoms with Gasteiger partial charge in [0.05, 0.1) is 12.8 Å². The van der Waals surface area contributed by atoms with Crippen LogP contribution >= 0.6 is 22.9 Å². The third kappa shape index (κ3) is 4.07. The minimum Gasteiger partial charge on any atom is -0.466 e. The van der Waals surface area contributed by atoms with Gasteiger partial charge in [-0.3, -0.25) is 4.79 Å². The number of anilines is 1. The van der Waals surface area contributed by atoms with Crippen LogP contribution in [0.25, 0.3) is 0 Å². The van der Waals surface area contributed by atoms with Crippen LogP contribution in [0.5, 0.6) is 0 Å². The molecule has 1 aromatic carbocycles. The van der Waals surface area contributed by atoms with Gasteiger partial charge in [0, 0.05) is 21.9 Å². The fraction of sp³-hybridized carbons (Fsp3) is 0.353. The largest absolute Gasteiger partial charge is 0.466 e. The van der Waals surface area contributed by atoms with Crippen LogP contribution in [0.3, 0.4) is 0 Å². The number of hydrogen-bond acceptors (Lipinski definition) is 6. The molecular weight excluding hydrogens is 419 g/mol. The summed E-state index contributed by atoms with van der Waals surface area (Å²) >= 11 is 6.64. The van der Waals surface area contributed by atoms with Gasteiger partial charge < -0.3 is 15.4 Å². The second-order valence-corrected chi connectivity index (χ2v) is 7.47. The van der Waals surface area contributed by atoms with Crippen molar-refractivity contribution in [3.63, 3.8) is 0 Å². The van der Waals surface area contributed by atoms with Crippen molar-refractivity contribution in [2.75, 3.05) is 12.4 Å². The van der Waals surface area contributed by atoms with Gasteiger partial charge >= 0.3 is 17.8 Å². The number of rotatable bonds is 6. The molecule has 1 atom stereocenters. The number of carbonyl (C=O) groups is 2. The van der Waals surface area contributed by atoms with Crippen LogP contribution < -0.4 is 10.6 Å². The molecule has 0 aliphatic heterocycles. The first-order chi connectivity index (χ1) is 13.2. The van der Waals surface area contributed by atoms with E-state index in [2.05, 4.69) is 9.72 Å². The molecular formula is C17H15ClF3N3O3S. The molecule has 1 aromatic heterocycles. The number of halogens is 4. The Bertz CT molecular complexity index is 884. The third-order valence-corrected chi connectivity index (χ3v) is 5.16. The van der Waals surface area contributed by atoms with Gasteiger partial charge in [0.15, 0.2) is 5.13 Å². The Morgan fingerprint density at radius 1 is 1.25 bits per heavy atom. The SMILES string of the molecule is COC(=O)C(NC(=O)c1ccc(Cl)cc1)(Nc1nc(C2CC2)cs1)C(F)(F)F. The summed E-state index contributed by atoms with van der Waals surface area (Å²) in [5, 5.41) is 5.56. The zero-order chi connectivity index (χ0) is 20.5. The lowest BCUT2D eigenvalue weighted by Gasteiger charge is -2.34.